The van der Waals surface area contributed by atoms with Crippen LogP contribution in [0.5, 0.6) is 0 Å². The summed E-state index contributed by atoms with van der Waals surface area (Å²) < 4.78 is 5.83. The highest BCUT2D eigenvalue weighted by molar-refractivity contribution is 5.93. The predicted molar refractivity (Wildman–Crippen MR) is 79.3 cm³/mol. The van der Waals surface area contributed by atoms with Gasteiger partial charge in [0.2, 0.25) is 5.95 Å². The van der Waals surface area contributed by atoms with E-state index in [9.17, 15) is 4.79 Å². The maximum Gasteiger partial charge on any atom is 0.273 e. The molecule has 1 aromatic rings. The molecule has 1 aromatic heterocycles. The predicted octanol–water partition coefficient (Wildman–Crippen LogP) is 1.61. The molecule has 21 heavy (non-hydrogen) atoms. The number of rotatable bonds is 2. The molecule has 2 heterocycles. The van der Waals surface area contributed by atoms with Crippen molar-refractivity contribution in [2.45, 2.75) is 44.8 Å². The maximum absolute atomic E-state index is 12.8. The molecule has 3 rings (SSSR count). The lowest BCUT2D eigenvalue weighted by Gasteiger charge is -2.43. The topological polar surface area (TPSA) is 67.4 Å². The molecule has 0 spiro atoms. The summed E-state index contributed by atoms with van der Waals surface area (Å²) in [6, 6.07) is 1.96. The van der Waals surface area contributed by atoms with Crippen molar-refractivity contribution in [2.24, 2.45) is 0 Å². The van der Waals surface area contributed by atoms with Gasteiger partial charge in [-0.25, -0.2) is 9.97 Å². The van der Waals surface area contributed by atoms with Crippen LogP contribution in [0, 0.1) is 6.92 Å². The molecule has 1 aliphatic carbocycles. The van der Waals surface area contributed by atoms with E-state index in [1.54, 1.807) is 13.1 Å². The molecular weight excluding hydrogens is 268 g/mol. The van der Waals surface area contributed by atoms with Crippen molar-refractivity contribution in [3.63, 3.8) is 0 Å². The average molecular weight is 290 g/mol. The molecule has 1 amide bonds. The summed E-state index contributed by atoms with van der Waals surface area (Å²) in [5, 5.41) is 2.90. The normalized spacial score (nSPS) is 25.3. The zero-order chi connectivity index (χ0) is 14.8. The fourth-order valence-electron chi connectivity index (χ4n) is 3.29. The van der Waals surface area contributed by atoms with E-state index in [-0.39, 0.29) is 18.1 Å². The highest BCUT2D eigenvalue weighted by atomic mass is 16.5. The number of nitrogens with one attached hydrogen (secondary N) is 1. The van der Waals surface area contributed by atoms with E-state index in [0.29, 0.717) is 24.8 Å². The Balaban J connectivity index is 1.85. The van der Waals surface area contributed by atoms with Crippen LogP contribution in [0.15, 0.2) is 6.07 Å². The Kier molecular flexibility index (Phi) is 4.05. The van der Waals surface area contributed by atoms with Crippen molar-refractivity contribution in [2.75, 3.05) is 25.5 Å². The van der Waals surface area contributed by atoms with Crippen LogP contribution in [0.25, 0.3) is 0 Å². The van der Waals surface area contributed by atoms with E-state index in [2.05, 4.69) is 15.3 Å². The molecule has 0 unspecified atom stereocenters. The fraction of sp³-hybridized carbons (Fsp3) is 0.667. The number of carbonyl (C=O) groups is 1. The van der Waals surface area contributed by atoms with Crippen LogP contribution in [-0.2, 0) is 4.74 Å². The standard InChI is InChI=1S/C15H22N4O2/c1-10-9-11(18-15(16-2)17-10)14(20)19-7-8-21-13-6-4-3-5-12(13)19/h9,12-13H,3-8H2,1-2H3,(H,16,17,18)/t12-,13+/m0/s1. The molecule has 1 aliphatic heterocycles. The summed E-state index contributed by atoms with van der Waals surface area (Å²) in [7, 11) is 1.76. The number of aromatic nitrogens is 2. The van der Waals surface area contributed by atoms with E-state index in [1.807, 2.05) is 11.8 Å². The first-order valence-corrected chi connectivity index (χ1v) is 7.65. The number of carbonyl (C=O) groups excluding carboxylic acids is 1. The third kappa shape index (κ3) is 2.85. The second-order valence-corrected chi connectivity index (χ2v) is 5.73. The largest absolute Gasteiger partial charge is 0.374 e. The summed E-state index contributed by atoms with van der Waals surface area (Å²) in [4.78, 5) is 23.3. The van der Waals surface area contributed by atoms with E-state index >= 15 is 0 Å². The van der Waals surface area contributed by atoms with Gasteiger partial charge in [-0.05, 0) is 25.8 Å². The van der Waals surface area contributed by atoms with E-state index < -0.39 is 0 Å². The Bertz CT molecular complexity index is 532. The monoisotopic (exact) mass is 290 g/mol. The van der Waals surface area contributed by atoms with Gasteiger partial charge < -0.3 is 15.0 Å². The van der Waals surface area contributed by atoms with Crippen molar-refractivity contribution in [3.8, 4) is 0 Å². The number of fused-ring (bicyclic) bond motifs is 1. The Hall–Kier alpha value is -1.69. The van der Waals surface area contributed by atoms with Gasteiger partial charge in [-0.1, -0.05) is 12.8 Å². The quantitative estimate of drug-likeness (QED) is 0.896. The molecule has 0 bridgehead atoms. The SMILES string of the molecule is CNc1nc(C)cc(C(=O)N2CCO[C@@H]3CCCC[C@@H]32)n1. The smallest absolute Gasteiger partial charge is 0.273 e. The number of aryl methyl sites for hydroxylation is 1. The Labute approximate surface area is 124 Å². The lowest BCUT2D eigenvalue weighted by Crippen LogP contribution is -2.55. The molecular formula is C15H22N4O2. The number of hydrogen-bond donors (Lipinski definition) is 1. The zero-order valence-corrected chi connectivity index (χ0v) is 12.6. The summed E-state index contributed by atoms with van der Waals surface area (Å²) in [5.74, 6) is 0.490. The lowest BCUT2D eigenvalue weighted by atomic mass is 9.90. The second-order valence-electron chi connectivity index (χ2n) is 5.73. The Morgan fingerprint density at radius 3 is 3.00 bits per heavy atom. The molecule has 6 heteroatoms. The van der Waals surface area contributed by atoms with Crippen molar-refractivity contribution in [1.82, 2.24) is 14.9 Å². The first kappa shape index (κ1) is 14.3. The van der Waals surface area contributed by atoms with Gasteiger partial charge >= 0.3 is 0 Å². The van der Waals surface area contributed by atoms with Gasteiger partial charge in [-0.3, -0.25) is 4.79 Å². The molecule has 114 valence electrons. The van der Waals surface area contributed by atoms with Gasteiger partial charge in [0.1, 0.15) is 5.69 Å². The molecule has 1 saturated heterocycles. The summed E-state index contributed by atoms with van der Waals surface area (Å²) in [6.45, 7) is 3.15. The van der Waals surface area contributed by atoms with E-state index in [0.717, 1.165) is 18.5 Å². The second kappa shape index (κ2) is 5.97. The van der Waals surface area contributed by atoms with Crippen molar-refractivity contribution < 1.29 is 9.53 Å². The maximum atomic E-state index is 12.8. The number of morpholine rings is 1. The van der Waals surface area contributed by atoms with E-state index in [4.69, 9.17) is 4.74 Å². The molecule has 1 saturated carbocycles. The minimum atomic E-state index is -0.00259. The fourth-order valence-corrected chi connectivity index (χ4v) is 3.29. The number of nitrogens with zero attached hydrogens (tertiary/aromatic N) is 3. The Morgan fingerprint density at radius 1 is 1.38 bits per heavy atom. The highest BCUT2D eigenvalue weighted by Gasteiger charge is 2.37. The molecule has 2 atom stereocenters. The number of ether oxygens (including phenoxy) is 1. The van der Waals surface area contributed by atoms with Crippen molar-refractivity contribution in [3.05, 3.63) is 17.5 Å². The summed E-state index contributed by atoms with van der Waals surface area (Å²) in [6.07, 6.45) is 4.64. The molecule has 2 fully saturated rings. The van der Waals surface area contributed by atoms with Crippen LogP contribution in [0.1, 0.15) is 41.9 Å². The number of anilines is 1. The highest BCUT2D eigenvalue weighted by Crippen LogP contribution is 2.29. The zero-order valence-electron chi connectivity index (χ0n) is 12.6. The summed E-state index contributed by atoms with van der Waals surface area (Å²) in [5.41, 5.74) is 1.27. The first-order chi connectivity index (χ1) is 10.2. The van der Waals surface area contributed by atoms with Gasteiger partial charge in [0.15, 0.2) is 0 Å². The van der Waals surface area contributed by atoms with Gasteiger partial charge in [0.05, 0.1) is 18.8 Å². The average Bonchev–Trinajstić information content (AvgIpc) is 2.53. The van der Waals surface area contributed by atoms with Crippen molar-refractivity contribution >= 4 is 11.9 Å². The molecule has 2 aliphatic rings. The molecule has 1 N–H and O–H groups in total. The van der Waals surface area contributed by atoms with Crippen molar-refractivity contribution in [1.29, 1.82) is 0 Å². The molecule has 0 radical (unpaired) electrons. The molecule has 0 aromatic carbocycles. The first-order valence-electron chi connectivity index (χ1n) is 7.65. The third-order valence-corrected chi connectivity index (χ3v) is 4.29. The third-order valence-electron chi connectivity index (χ3n) is 4.29. The van der Waals surface area contributed by atoms with Crippen LogP contribution < -0.4 is 5.32 Å². The van der Waals surface area contributed by atoms with Gasteiger partial charge in [-0.15, -0.1) is 0 Å². The van der Waals surface area contributed by atoms with Crippen LogP contribution >= 0.6 is 0 Å². The van der Waals surface area contributed by atoms with Gasteiger partial charge in [0.25, 0.3) is 5.91 Å². The minimum Gasteiger partial charge on any atom is -0.374 e. The van der Waals surface area contributed by atoms with Gasteiger partial charge in [0, 0.05) is 19.3 Å². The van der Waals surface area contributed by atoms with E-state index in [1.165, 1.54) is 12.8 Å². The summed E-state index contributed by atoms with van der Waals surface area (Å²) >= 11 is 0. The number of amides is 1. The van der Waals surface area contributed by atoms with Crippen LogP contribution in [0.3, 0.4) is 0 Å². The van der Waals surface area contributed by atoms with Crippen LogP contribution in [-0.4, -0.2) is 53.1 Å². The van der Waals surface area contributed by atoms with Crippen LogP contribution in [0.4, 0.5) is 5.95 Å². The Morgan fingerprint density at radius 2 is 2.19 bits per heavy atom. The van der Waals surface area contributed by atoms with Crippen LogP contribution in [0.2, 0.25) is 0 Å². The number of hydrogen-bond acceptors (Lipinski definition) is 5. The molecule has 6 nitrogen and oxygen atoms in total. The minimum absolute atomic E-state index is 0.00259. The lowest BCUT2D eigenvalue weighted by molar-refractivity contribution is -0.0754. The van der Waals surface area contributed by atoms with Gasteiger partial charge in [-0.2, -0.15) is 0 Å².